The first-order valence-electron chi connectivity index (χ1n) is 6.43. The van der Waals surface area contributed by atoms with Crippen molar-refractivity contribution < 1.29 is 4.74 Å². The Bertz CT molecular complexity index is 572. The fourth-order valence-electron chi connectivity index (χ4n) is 1.79. The maximum absolute atomic E-state index is 5.90. The molecule has 3 N–H and O–H groups in total. The van der Waals surface area contributed by atoms with Crippen molar-refractivity contribution in [3.63, 3.8) is 0 Å². The van der Waals surface area contributed by atoms with Crippen LogP contribution in [0.2, 0.25) is 0 Å². The van der Waals surface area contributed by atoms with Crippen LogP contribution in [0.5, 0.6) is 5.75 Å². The van der Waals surface area contributed by atoms with E-state index >= 15 is 0 Å². The number of nitrogens with one attached hydrogen (secondary N) is 1. The van der Waals surface area contributed by atoms with E-state index in [4.69, 9.17) is 10.5 Å². The first kappa shape index (κ1) is 17.8. The van der Waals surface area contributed by atoms with Crippen LogP contribution in [-0.4, -0.2) is 19.6 Å². The smallest absolute Gasteiger partial charge is 0.193 e. The molecule has 2 aromatic rings. The van der Waals surface area contributed by atoms with E-state index in [0.29, 0.717) is 18.4 Å². The van der Waals surface area contributed by atoms with E-state index in [1.165, 1.54) is 4.88 Å². The Morgan fingerprint density at radius 3 is 2.86 bits per heavy atom. The Balaban J connectivity index is 0.00000220. The average Bonchev–Trinajstić information content (AvgIpc) is 2.99. The molecule has 0 amide bonds. The van der Waals surface area contributed by atoms with Crippen molar-refractivity contribution in [3.8, 4) is 5.75 Å². The van der Waals surface area contributed by atoms with Crippen LogP contribution in [0, 0.1) is 0 Å². The number of nitrogens with zero attached hydrogens (tertiary/aromatic N) is 1. The zero-order valence-electron chi connectivity index (χ0n) is 12.1. The summed E-state index contributed by atoms with van der Waals surface area (Å²) in [5.74, 6) is 1.58. The molecule has 0 saturated heterocycles. The van der Waals surface area contributed by atoms with Gasteiger partial charge in [-0.05, 0) is 23.6 Å². The summed E-state index contributed by atoms with van der Waals surface area (Å²) < 4.78 is 5.16. The summed E-state index contributed by atoms with van der Waals surface area (Å²) >= 11 is 1.74. The van der Waals surface area contributed by atoms with Gasteiger partial charge in [-0.1, -0.05) is 19.1 Å². The zero-order chi connectivity index (χ0) is 14.4. The molecule has 1 atom stereocenters. The molecule has 1 aromatic heterocycles. The quantitative estimate of drug-likeness (QED) is 0.441. The van der Waals surface area contributed by atoms with Crippen molar-refractivity contribution in [1.82, 2.24) is 0 Å². The summed E-state index contributed by atoms with van der Waals surface area (Å²) in [6.45, 7) is 2.82. The van der Waals surface area contributed by atoms with Crippen molar-refractivity contribution in [2.75, 3.05) is 19.0 Å². The third kappa shape index (κ3) is 5.55. The van der Waals surface area contributed by atoms with Crippen LogP contribution in [0.25, 0.3) is 0 Å². The average molecular weight is 417 g/mol. The van der Waals surface area contributed by atoms with Gasteiger partial charge in [0.05, 0.1) is 13.7 Å². The lowest BCUT2D eigenvalue weighted by molar-refractivity contribution is 0.415. The van der Waals surface area contributed by atoms with Crippen LogP contribution >= 0.6 is 35.3 Å². The number of thiophene rings is 1. The summed E-state index contributed by atoms with van der Waals surface area (Å²) in [4.78, 5) is 5.70. The minimum Gasteiger partial charge on any atom is -0.497 e. The van der Waals surface area contributed by atoms with E-state index in [1.807, 2.05) is 24.3 Å². The monoisotopic (exact) mass is 417 g/mol. The first-order chi connectivity index (χ1) is 9.69. The third-order valence-corrected chi connectivity index (χ3v) is 4.01. The Labute approximate surface area is 146 Å². The fourth-order valence-corrected chi connectivity index (χ4v) is 2.56. The van der Waals surface area contributed by atoms with Gasteiger partial charge in [-0.3, -0.25) is 4.99 Å². The Morgan fingerprint density at radius 1 is 1.38 bits per heavy atom. The van der Waals surface area contributed by atoms with Crippen molar-refractivity contribution >= 4 is 47.0 Å². The second-order valence-electron chi connectivity index (χ2n) is 4.50. The maximum Gasteiger partial charge on any atom is 0.193 e. The zero-order valence-corrected chi connectivity index (χ0v) is 15.2. The van der Waals surface area contributed by atoms with Crippen LogP contribution < -0.4 is 15.8 Å². The van der Waals surface area contributed by atoms with Crippen LogP contribution in [0.3, 0.4) is 0 Å². The standard InChI is InChI=1S/C15H19N3OS.HI/c1-11(14-7-4-8-20-14)10-17-15(16)18-12-5-3-6-13(9-12)19-2;/h3-9,11H,10H2,1-2H3,(H3,16,17,18);1H. The number of anilines is 1. The van der Waals surface area contributed by atoms with Gasteiger partial charge >= 0.3 is 0 Å². The summed E-state index contributed by atoms with van der Waals surface area (Å²) in [5, 5.41) is 5.15. The molecule has 1 heterocycles. The molecular weight excluding hydrogens is 397 g/mol. The summed E-state index contributed by atoms with van der Waals surface area (Å²) in [5.41, 5.74) is 6.77. The van der Waals surface area contributed by atoms with E-state index < -0.39 is 0 Å². The molecule has 0 radical (unpaired) electrons. The van der Waals surface area contributed by atoms with Gasteiger partial charge in [-0.2, -0.15) is 0 Å². The second kappa shape index (κ2) is 8.89. The molecule has 2 rings (SSSR count). The lowest BCUT2D eigenvalue weighted by Gasteiger charge is -2.09. The number of ether oxygens (including phenoxy) is 1. The SMILES string of the molecule is COc1cccc(NC(N)=NCC(C)c2cccs2)c1.I. The number of aliphatic imine (C=N–C) groups is 1. The van der Waals surface area contributed by atoms with Crippen molar-refractivity contribution in [1.29, 1.82) is 0 Å². The molecule has 0 spiro atoms. The van der Waals surface area contributed by atoms with Gasteiger partial charge in [-0.25, -0.2) is 0 Å². The molecule has 6 heteroatoms. The highest BCUT2D eigenvalue weighted by Gasteiger charge is 2.05. The lowest BCUT2D eigenvalue weighted by Crippen LogP contribution is -2.23. The molecule has 1 aromatic carbocycles. The predicted octanol–water partition coefficient (Wildman–Crippen LogP) is 3.91. The molecular formula is C15H20IN3OS. The van der Waals surface area contributed by atoms with Gasteiger partial charge in [0.1, 0.15) is 5.75 Å². The topological polar surface area (TPSA) is 59.6 Å². The highest BCUT2D eigenvalue weighted by molar-refractivity contribution is 14.0. The highest BCUT2D eigenvalue weighted by atomic mass is 127. The number of rotatable bonds is 5. The van der Waals surface area contributed by atoms with Crippen LogP contribution in [0.15, 0.2) is 46.8 Å². The van der Waals surface area contributed by atoms with Crippen LogP contribution in [0.1, 0.15) is 17.7 Å². The molecule has 4 nitrogen and oxygen atoms in total. The predicted molar refractivity (Wildman–Crippen MR) is 101 cm³/mol. The molecule has 0 aliphatic heterocycles. The maximum atomic E-state index is 5.90. The van der Waals surface area contributed by atoms with Crippen molar-refractivity contribution in [2.45, 2.75) is 12.8 Å². The first-order valence-corrected chi connectivity index (χ1v) is 7.31. The molecule has 114 valence electrons. The molecule has 1 unspecified atom stereocenters. The molecule has 0 aliphatic carbocycles. The number of guanidine groups is 1. The third-order valence-electron chi connectivity index (χ3n) is 2.91. The number of nitrogens with two attached hydrogens (primary N) is 1. The number of methoxy groups -OCH3 is 1. The molecule has 21 heavy (non-hydrogen) atoms. The largest absolute Gasteiger partial charge is 0.497 e. The number of hydrogen-bond acceptors (Lipinski definition) is 3. The minimum absolute atomic E-state index is 0. The normalized spacial score (nSPS) is 12.4. The van der Waals surface area contributed by atoms with E-state index in [-0.39, 0.29) is 24.0 Å². The molecule has 0 aliphatic rings. The van der Waals surface area contributed by atoms with Crippen molar-refractivity contribution in [3.05, 3.63) is 46.7 Å². The second-order valence-corrected chi connectivity index (χ2v) is 5.48. The number of benzene rings is 1. The van der Waals surface area contributed by atoms with Gasteiger partial charge in [0, 0.05) is 22.5 Å². The van der Waals surface area contributed by atoms with Gasteiger partial charge in [0.25, 0.3) is 0 Å². The summed E-state index contributed by atoms with van der Waals surface area (Å²) in [6, 6.07) is 11.8. The molecule has 0 fully saturated rings. The lowest BCUT2D eigenvalue weighted by atomic mass is 10.1. The van der Waals surface area contributed by atoms with Crippen molar-refractivity contribution in [2.24, 2.45) is 10.7 Å². The minimum atomic E-state index is 0. The van der Waals surface area contributed by atoms with E-state index in [1.54, 1.807) is 18.4 Å². The number of hydrogen-bond donors (Lipinski definition) is 2. The Kier molecular flexibility index (Phi) is 7.52. The van der Waals surface area contributed by atoms with Gasteiger partial charge < -0.3 is 15.8 Å². The summed E-state index contributed by atoms with van der Waals surface area (Å²) in [6.07, 6.45) is 0. The van der Waals surface area contributed by atoms with Gasteiger partial charge in [0.15, 0.2) is 5.96 Å². The van der Waals surface area contributed by atoms with Crippen LogP contribution in [-0.2, 0) is 0 Å². The van der Waals surface area contributed by atoms with E-state index in [0.717, 1.165) is 11.4 Å². The Morgan fingerprint density at radius 2 is 2.19 bits per heavy atom. The van der Waals surface area contributed by atoms with E-state index in [9.17, 15) is 0 Å². The molecule has 0 saturated carbocycles. The Hall–Kier alpha value is -1.28. The van der Waals surface area contributed by atoms with E-state index in [2.05, 4.69) is 34.7 Å². The molecule has 0 bridgehead atoms. The van der Waals surface area contributed by atoms with Gasteiger partial charge in [0.2, 0.25) is 0 Å². The number of halogens is 1. The van der Waals surface area contributed by atoms with Crippen LogP contribution in [0.4, 0.5) is 5.69 Å². The highest BCUT2D eigenvalue weighted by Crippen LogP contribution is 2.21. The van der Waals surface area contributed by atoms with Gasteiger partial charge in [-0.15, -0.1) is 35.3 Å². The fraction of sp³-hybridized carbons (Fsp3) is 0.267. The summed E-state index contributed by atoms with van der Waals surface area (Å²) in [7, 11) is 1.64.